The first-order valence-electron chi connectivity index (χ1n) is 15.9. The Bertz CT molecular complexity index is 2840. The van der Waals surface area contributed by atoms with E-state index in [4.69, 9.17) is 0 Å². The Morgan fingerprint density at radius 3 is 1.43 bits per heavy atom. The van der Waals surface area contributed by atoms with Gasteiger partial charge in [0.2, 0.25) is 0 Å². The van der Waals surface area contributed by atoms with E-state index in [9.17, 15) is 13.0 Å². The molecule has 0 saturated carbocycles. The molecule has 7 aromatic carbocycles. The molecule has 1 N–H and O–H groups in total. The zero-order chi connectivity index (χ0) is 33.3. The third kappa shape index (κ3) is 4.74. The fourth-order valence-electron chi connectivity index (χ4n) is 7.12. The van der Waals surface area contributed by atoms with Gasteiger partial charge in [-0.1, -0.05) is 72.8 Å². The minimum atomic E-state index is -4.29. The van der Waals surface area contributed by atoms with Crippen molar-refractivity contribution < 1.29 is 17.4 Å². The molecule has 0 radical (unpaired) electrons. The number of hydrogen-bond acceptors (Lipinski definition) is 2. The fourth-order valence-corrected chi connectivity index (χ4v) is 7.60. The second-order valence-corrected chi connectivity index (χ2v) is 13.6. The summed E-state index contributed by atoms with van der Waals surface area (Å²) in [5, 5.41) is 3.52. The molecule has 0 aliphatic carbocycles. The van der Waals surface area contributed by atoms with E-state index in [-0.39, 0.29) is 10.7 Å². The summed E-state index contributed by atoms with van der Waals surface area (Å²) in [5.74, 6) is -0.257. The normalized spacial score (nSPS) is 12.0. The van der Waals surface area contributed by atoms with E-state index in [0.29, 0.717) is 5.39 Å². The molecule has 236 valence electrons. The third-order valence-corrected chi connectivity index (χ3v) is 10.2. The average molecular weight is 659 g/mol. The molecular weight excluding hydrogens is 632 g/mol. The molecule has 0 unspecified atom stereocenters. The summed E-state index contributed by atoms with van der Waals surface area (Å²) in [6.45, 7) is 0. The summed E-state index contributed by atoms with van der Waals surface area (Å²) >= 11 is 0. The maximum absolute atomic E-state index is 15.5. The van der Waals surface area contributed by atoms with Crippen molar-refractivity contribution in [3.05, 3.63) is 164 Å². The number of hydrogen-bond donors (Lipinski definition) is 1. The minimum Gasteiger partial charge on any atom is -0.309 e. The van der Waals surface area contributed by atoms with Gasteiger partial charge in [-0.3, -0.25) is 4.55 Å². The Morgan fingerprint density at radius 2 is 0.898 bits per heavy atom. The van der Waals surface area contributed by atoms with Crippen LogP contribution in [-0.2, 0) is 10.1 Å². The van der Waals surface area contributed by atoms with Gasteiger partial charge in [0.25, 0.3) is 10.1 Å². The van der Waals surface area contributed by atoms with Crippen LogP contribution < -0.4 is 0 Å². The largest absolute Gasteiger partial charge is 0.309 e. The Labute approximate surface area is 281 Å². The highest BCUT2D eigenvalue weighted by atomic mass is 32.2. The number of aromatic nitrogens is 2. The van der Waals surface area contributed by atoms with Crippen LogP contribution in [0.5, 0.6) is 0 Å². The molecule has 0 spiro atoms. The van der Waals surface area contributed by atoms with Crippen LogP contribution in [0, 0.1) is 5.82 Å². The van der Waals surface area contributed by atoms with Crippen LogP contribution in [0.25, 0.3) is 77.2 Å². The van der Waals surface area contributed by atoms with Crippen LogP contribution in [0.3, 0.4) is 0 Å². The number of para-hydroxylation sites is 2. The van der Waals surface area contributed by atoms with E-state index in [1.165, 1.54) is 18.2 Å². The second-order valence-electron chi connectivity index (χ2n) is 12.2. The maximum Gasteiger partial charge on any atom is 0.294 e. The molecule has 7 heteroatoms. The van der Waals surface area contributed by atoms with Crippen molar-refractivity contribution in [2.24, 2.45) is 0 Å². The van der Waals surface area contributed by atoms with E-state index in [2.05, 4.69) is 69.8 Å². The van der Waals surface area contributed by atoms with Gasteiger partial charge in [-0.25, -0.2) is 4.39 Å². The molecule has 2 aromatic heterocycles. The molecule has 0 fully saturated rings. The van der Waals surface area contributed by atoms with Crippen molar-refractivity contribution in [2.45, 2.75) is 4.90 Å². The lowest BCUT2D eigenvalue weighted by Gasteiger charge is -2.09. The summed E-state index contributed by atoms with van der Waals surface area (Å²) in [7, 11) is -4.29. The zero-order valence-electron chi connectivity index (χ0n) is 26.0. The average Bonchev–Trinajstić information content (AvgIpc) is 3.64. The van der Waals surface area contributed by atoms with Gasteiger partial charge in [0, 0.05) is 32.9 Å². The van der Waals surface area contributed by atoms with Gasteiger partial charge in [0.15, 0.2) is 0 Å². The van der Waals surface area contributed by atoms with Gasteiger partial charge in [0.05, 0.1) is 27.0 Å². The van der Waals surface area contributed by atoms with Crippen LogP contribution >= 0.6 is 0 Å². The number of benzene rings is 7. The molecule has 0 amide bonds. The Hall–Kier alpha value is -6.02. The van der Waals surface area contributed by atoms with Gasteiger partial charge in [0.1, 0.15) is 5.82 Å². The van der Waals surface area contributed by atoms with Crippen LogP contribution in [0.4, 0.5) is 4.39 Å². The lowest BCUT2D eigenvalue weighted by Crippen LogP contribution is -1.97. The number of nitrogens with zero attached hydrogens (tertiary/aromatic N) is 2. The molecular formula is C42H27FN2O3S. The summed E-state index contributed by atoms with van der Waals surface area (Å²) in [4.78, 5) is -0.147. The number of rotatable bonds is 5. The first kappa shape index (κ1) is 29.1. The van der Waals surface area contributed by atoms with Crippen molar-refractivity contribution >= 4 is 53.7 Å². The van der Waals surface area contributed by atoms with Crippen molar-refractivity contribution in [3.63, 3.8) is 0 Å². The Balaban J connectivity index is 1.26. The van der Waals surface area contributed by atoms with Gasteiger partial charge < -0.3 is 9.13 Å². The zero-order valence-corrected chi connectivity index (χ0v) is 26.8. The Kier molecular flexibility index (Phi) is 6.56. The van der Waals surface area contributed by atoms with E-state index in [1.54, 1.807) is 18.2 Å². The molecule has 0 aliphatic heterocycles. The van der Waals surface area contributed by atoms with E-state index < -0.39 is 10.1 Å². The monoisotopic (exact) mass is 658 g/mol. The van der Waals surface area contributed by atoms with Crippen molar-refractivity contribution in [1.82, 2.24) is 9.13 Å². The highest BCUT2D eigenvalue weighted by molar-refractivity contribution is 7.85. The predicted octanol–water partition coefficient (Wildman–Crippen LogP) is 10.6. The summed E-state index contributed by atoms with van der Waals surface area (Å²) in [6, 6.07) is 50.6. The molecule has 0 bridgehead atoms. The van der Waals surface area contributed by atoms with Gasteiger partial charge in [-0.2, -0.15) is 8.42 Å². The van der Waals surface area contributed by atoms with Crippen molar-refractivity contribution in [1.29, 1.82) is 0 Å². The van der Waals surface area contributed by atoms with E-state index in [0.717, 1.165) is 71.9 Å². The van der Waals surface area contributed by atoms with Gasteiger partial charge in [-0.15, -0.1) is 0 Å². The summed E-state index contributed by atoms with van der Waals surface area (Å²) in [6.07, 6.45) is 0. The second kappa shape index (κ2) is 11.0. The molecule has 0 saturated heterocycles. The highest BCUT2D eigenvalue weighted by Gasteiger charge is 2.18. The first-order chi connectivity index (χ1) is 23.8. The highest BCUT2D eigenvalue weighted by Crippen LogP contribution is 2.40. The lowest BCUT2D eigenvalue weighted by atomic mass is 9.99. The smallest absolute Gasteiger partial charge is 0.294 e. The quantitative estimate of drug-likeness (QED) is 0.187. The van der Waals surface area contributed by atoms with Crippen molar-refractivity contribution in [2.75, 3.05) is 0 Å². The first-order valence-corrected chi connectivity index (χ1v) is 17.3. The molecule has 2 heterocycles. The Morgan fingerprint density at radius 1 is 0.449 bits per heavy atom. The van der Waals surface area contributed by atoms with E-state index in [1.807, 2.05) is 60.7 Å². The molecule has 9 aromatic rings. The molecule has 5 nitrogen and oxygen atoms in total. The van der Waals surface area contributed by atoms with Gasteiger partial charge in [-0.05, 0) is 107 Å². The number of fused-ring (bicyclic) bond motifs is 6. The predicted molar refractivity (Wildman–Crippen MR) is 196 cm³/mol. The van der Waals surface area contributed by atoms with Crippen LogP contribution in [0.2, 0.25) is 0 Å². The summed E-state index contributed by atoms with van der Waals surface area (Å²) < 4.78 is 52.6. The topological polar surface area (TPSA) is 64.2 Å². The van der Waals surface area contributed by atoms with Crippen LogP contribution in [0.15, 0.2) is 163 Å². The number of halogens is 1. The molecule has 49 heavy (non-hydrogen) atoms. The SMILES string of the molecule is O=S(=O)(O)c1ccc(-c2ccc3c(c2)c2cc(-c4ccc5c(c4)c4c(F)cccc4n5-c4ccccc4)ccc2n3-c2ccccc2)cc1. The maximum atomic E-state index is 15.5. The summed E-state index contributed by atoms with van der Waals surface area (Å²) in [5.41, 5.74) is 9.54. The van der Waals surface area contributed by atoms with E-state index >= 15 is 4.39 Å². The standard InChI is InChI=1S/C42H27FN2O3S/c43-37-12-7-13-41-42(37)36-26-30(18-23-40(36)45(41)32-10-5-2-6-11-32)29-17-22-39-35(25-29)34-24-28(27-14-19-33(20-15-27)49(46,47)48)16-21-38(34)44(39)31-8-3-1-4-9-31/h1-26H,(H,46,47,48). The van der Waals surface area contributed by atoms with Crippen LogP contribution in [-0.4, -0.2) is 22.1 Å². The van der Waals surface area contributed by atoms with Crippen LogP contribution in [0.1, 0.15) is 0 Å². The minimum absolute atomic E-state index is 0.147. The third-order valence-electron chi connectivity index (χ3n) is 9.35. The molecule has 9 rings (SSSR count). The molecule has 0 atom stereocenters. The van der Waals surface area contributed by atoms with Crippen molar-refractivity contribution in [3.8, 4) is 33.6 Å². The fraction of sp³-hybridized carbons (Fsp3) is 0. The lowest BCUT2D eigenvalue weighted by molar-refractivity contribution is 0.483. The van der Waals surface area contributed by atoms with Gasteiger partial charge >= 0.3 is 0 Å². The molecule has 0 aliphatic rings.